The number of benzene rings is 4. The quantitative estimate of drug-likeness (QED) is 0.239. The van der Waals surface area contributed by atoms with Gasteiger partial charge in [0, 0.05) is 45.2 Å². The molecular formula is C29H22Cl2N4O3. The maximum Gasteiger partial charge on any atom is 0.258 e. The number of aromatic nitrogens is 2. The molecule has 0 spiro atoms. The molecule has 0 fully saturated rings. The maximum atomic E-state index is 13.0. The number of anilines is 2. The molecule has 0 bridgehead atoms. The molecule has 190 valence electrons. The van der Waals surface area contributed by atoms with Crippen molar-refractivity contribution in [2.75, 3.05) is 24.4 Å². The zero-order chi connectivity index (χ0) is 26.8. The number of carbonyl (C=O) groups excluding carboxylic acids is 2. The second-order valence-electron chi connectivity index (χ2n) is 8.57. The molecule has 1 heterocycles. The molecule has 0 aliphatic carbocycles. The van der Waals surface area contributed by atoms with Crippen molar-refractivity contribution in [1.82, 2.24) is 9.97 Å². The fraction of sp³-hybridized carbons (Fsp3) is 0.0690. The minimum atomic E-state index is -0.313. The third kappa shape index (κ3) is 5.34. The van der Waals surface area contributed by atoms with Crippen molar-refractivity contribution in [2.24, 2.45) is 0 Å². The van der Waals surface area contributed by atoms with Gasteiger partial charge >= 0.3 is 0 Å². The van der Waals surface area contributed by atoms with Crippen LogP contribution in [0.5, 0.6) is 5.75 Å². The van der Waals surface area contributed by atoms with Crippen LogP contribution in [-0.2, 0) is 0 Å². The lowest BCUT2D eigenvalue weighted by molar-refractivity contribution is 0.0991. The average Bonchev–Trinajstić information content (AvgIpc) is 3.35. The van der Waals surface area contributed by atoms with E-state index in [1.807, 2.05) is 30.3 Å². The summed E-state index contributed by atoms with van der Waals surface area (Å²) in [6.07, 6.45) is 0. The molecule has 38 heavy (non-hydrogen) atoms. The molecule has 0 unspecified atom stereocenters. The highest BCUT2D eigenvalue weighted by Gasteiger charge is 2.15. The zero-order valence-electron chi connectivity index (χ0n) is 20.5. The summed E-state index contributed by atoms with van der Waals surface area (Å²) in [7, 11) is 3.32. The van der Waals surface area contributed by atoms with Crippen LogP contribution in [0.1, 0.15) is 20.7 Å². The Hall–Kier alpha value is -4.33. The number of ether oxygens (including phenoxy) is 1. The Labute approximate surface area is 229 Å². The van der Waals surface area contributed by atoms with Crippen molar-refractivity contribution < 1.29 is 14.3 Å². The number of amides is 2. The molecular weight excluding hydrogens is 523 g/mol. The molecule has 1 aromatic heterocycles. The summed E-state index contributed by atoms with van der Waals surface area (Å²) in [5.74, 6) is 0.911. The van der Waals surface area contributed by atoms with Gasteiger partial charge in [0.1, 0.15) is 11.6 Å². The first-order valence-electron chi connectivity index (χ1n) is 11.6. The van der Waals surface area contributed by atoms with Gasteiger partial charge in [0.15, 0.2) is 0 Å². The topological polar surface area (TPSA) is 87.3 Å². The van der Waals surface area contributed by atoms with E-state index in [0.29, 0.717) is 38.4 Å². The van der Waals surface area contributed by atoms with Crippen LogP contribution < -0.4 is 15.0 Å². The van der Waals surface area contributed by atoms with Crippen LogP contribution in [0.2, 0.25) is 10.0 Å². The van der Waals surface area contributed by atoms with Crippen molar-refractivity contribution >= 4 is 57.4 Å². The van der Waals surface area contributed by atoms with Crippen molar-refractivity contribution in [3.05, 3.63) is 106 Å². The Balaban J connectivity index is 1.32. The van der Waals surface area contributed by atoms with Crippen LogP contribution in [0.4, 0.5) is 11.4 Å². The highest BCUT2D eigenvalue weighted by Crippen LogP contribution is 2.27. The number of hydrogen-bond acceptors (Lipinski definition) is 4. The van der Waals surface area contributed by atoms with Crippen molar-refractivity contribution in [3.63, 3.8) is 0 Å². The molecule has 2 amide bonds. The molecule has 0 saturated heterocycles. The Bertz CT molecular complexity index is 1630. The summed E-state index contributed by atoms with van der Waals surface area (Å²) >= 11 is 12.0. The highest BCUT2D eigenvalue weighted by atomic mass is 35.5. The number of halogens is 2. The Kier molecular flexibility index (Phi) is 7.05. The number of carbonyl (C=O) groups is 2. The maximum absolute atomic E-state index is 13.0. The molecule has 0 aliphatic rings. The van der Waals surface area contributed by atoms with Crippen LogP contribution >= 0.6 is 23.2 Å². The molecule has 0 aliphatic heterocycles. The van der Waals surface area contributed by atoms with Crippen LogP contribution in [-0.4, -0.2) is 35.9 Å². The minimum Gasteiger partial charge on any atom is -0.497 e. The molecule has 0 radical (unpaired) electrons. The van der Waals surface area contributed by atoms with E-state index in [9.17, 15) is 9.59 Å². The van der Waals surface area contributed by atoms with Gasteiger partial charge in [0.05, 0.1) is 18.1 Å². The van der Waals surface area contributed by atoms with Gasteiger partial charge in [0.25, 0.3) is 11.8 Å². The number of imidazole rings is 1. The van der Waals surface area contributed by atoms with Gasteiger partial charge in [-0.3, -0.25) is 9.59 Å². The van der Waals surface area contributed by atoms with Crippen molar-refractivity contribution in [2.45, 2.75) is 0 Å². The van der Waals surface area contributed by atoms with E-state index in [-0.39, 0.29) is 11.8 Å². The average molecular weight is 545 g/mol. The molecule has 7 nitrogen and oxygen atoms in total. The predicted molar refractivity (Wildman–Crippen MR) is 152 cm³/mol. The van der Waals surface area contributed by atoms with Crippen molar-refractivity contribution in [1.29, 1.82) is 0 Å². The van der Waals surface area contributed by atoms with E-state index in [0.717, 1.165) is 22.3 Å². The summed E-state index contributed by atoms with van der Waals surface area (Å²) in [5, 5.41) is 3.62. The standard InChI is InChI=1S/C29H22Cl2N4O3/c1-35(29(37)18-5-10-24(38-2)11-6-18)23-9-12-25-26(16-23)34-27(33-25)17-3-7-22(8-4-17)32-28(36)19-13-20(30)15-21(31)14-19/h3-16H,1-2H3,(H,32,36)(H,33,34). The van der Waals surface area contributed by atoms with Gasteiger partial charge in [-0.2, -0.15) is 0 Å². The van der Waals surface area contributed by atoms with Gasteiger partial charge in [-0.15, -0.1) is 0 Å². The van der Waals surface area contributed by atoms with Gasteiger partial charge < -0.3 is 19.9 Å². The summed E-state index contributed by atoms with van der Waals surface area (Å²) in [6.45, 7) is 0. The largest absolute Gasteiger partial charge is 0.497 e. The van der Waals surface area contributed by atoms with Crippen LogP contribution in [0.25, 0.3) is 22.4 Å². The molecule has 4 aromatic carbocycles. The molecule has 5 aromatic rings. The third-order valence-electron chi connectivity index (χ3n) is 6.04. The molecule has 0 saturated carbocycles. The van der Waals surface area contributed by atoms with Crippen LogP contribution in [0.15, 0.2) is 84.9 Å². The Morgan fingerprint density at radius 3 is 2.21 bits per heavy atom. The van der Waals surface area contributed by atoms with Gasteiger partial charge in [-0.1, -0.05) is 23.2 Å². The predicted octanol–water partition coefficient (Wildman–Crippen LogP) is 7.07. The lowest BCUT2D eigenvalue weighted by atomic mass is 10.1. The van der Waals surface area contributed by atoms with E-state index in [1.54, 1.807) is 73.7 Å². The second-order valence-corrected chi connectivity index (χ2v) is 9.44. The van der Waals surface area contributed by atoms with E-state index in [2.05, 4.69) is 15.3 Å². The number of nitrogens with zero attached hydrogens (tertiary/aromatic N) is 2. The number of methoxy groups -OCH3 is 1. The lowest BCUT2D eigenvalue weighted by Crippen LogP contribution is -2.26. The van der Waals surface area contributed by atoms with Crippen LogP contribution in [0, 0.1) is 0 Å². The van der Waals surface area contributed by atoms with Gasteiger partial charge in [-0.05, 0) is 84.9 Å². The van der Waals surface area contributed by atoms with Crippen LogP contribution in [0.3, 0.4) is 0 Å². The van der Waals surface area contributed by atoms with E-state index in [1.165, 1.54) is 0 Å². The SMILES string of the molecule is COc1ccc(C(=O)N(C)c2ccc3nc(-c4ccc(NC(=O)c5cc(Cl)cc(Cl)c5)cc4)[nH]c3c2)cc1. The Morgan fingerprint density at radius 1 is 0.868 bits per heavy atom. The lowest BCUT2D eigenvalue weighted by Gasteiger charge is -2.17. The smallest absolute Gasteiger partial charge is 0.258 e. The fourth-order valence-corrected chi connectivity index (χ4v) is 4.51. The Morgan fingerprint density at radius 2 is 1.55 bits per heavy atom. The number of rotatable bonds is 6. The zero-order valence-corrected chi connectivity index (χ0v) is 22.0. The summed E-state index contributed by atoms with van der Waals surface area (Å²) in [6, 6.07) is 24.6. The number of nitrogens with one attached hydrogen (secondary N) is 2. The first-order valence-corrected chi connectivity index (χ1v) is 12.4. The molecule has 0 atom stereocenters. The molecule has 9 heteroatoms. The summed E-state index contributed by atoms with van der Waals surface area (Å²) in [4.78, 5) is 35.1. The third-order valence-corrected chi connectivity index (χ3v) is 6.47. The van der Waals surface area contributed by atoms with Gasteiger partial charge in [-0.25, -0.2) is 4.98 Å². The van der Waals surface area contributed by atoms with E-state index in [4.69, 9.17) is 27.9 Å². The monoisotopic (exact) mass is 544 g/mol. The number of hydrogen-bond donors (Lipinski definition) is 2. The second kappa shape index (κ2) is 10.6. The highest BCUT2D eigenvalue weighted by molar-refractivity contribution is 6.35. The number of fused-ring (bicyclic) bond motifs is 1. The molecule has 2 N–H and O–H groups in total. The first-order chi connectivity index (χ1) is 18.3. The normalized spacial score (nSPS) is 10.8. The first kappa shape index (κ1) is 25.3. The van der Waals surface area contributed by atoms with E-state index >= 15 is 0 Å². The number of aromatic amines is 1. The minimum absolute atomic E-state index is 0.135. The van der Waals surface area contributed by atoms with E-state index < -0.39 is 0 Å². The van der Waals surface area contributed by atoms with Crippen molar-refractivity contribution in [3.8, 4) is 17.1 Å². The van der Waals surface area contributed by atoms with Gasteiger partial charge in [0.2, 0.25) is 0 Å². The summed E-state index contributed by atoms with van der Waals surface area (Å²) in [5.41, 5.74) is 4.68. The molecule has 5 rings (SSSR count). The fourth-order valence-electron chi connectivity index (χ4n) is 3.99. The number of H-pyrrole nitrogens is 1. The summed E-state index contributed by atoms with van der Waals surface area (Å²) < 4.78 is 5.17.